The summed E-state index contributed by atoms with van der Waals surface area (Å²) in [4.78, 5) is 3.79. The van der Waals surface area contributed by atoms with Crippen LogP contribution in [0.1, 0.15) is 26.6 Å². The van der Waals surface area contributed by atoms with Crippen LogP contribution in [0.3, 0.4) is 0 Å². The topological polar surface area (TPSA) is 58.9 Å². The predicted octanol–water partition coefficient (Wildman–Crippen LogP) is 0.0300. The molecule has 1 aromatic rings. The van der Waals surface area contributed by atoms with E-state index in [0.717, 1.165) is 32.0 Å². The van der Waals surface area contributed by atoms with Crippen LogP contribution < -0.4 is 5.32 Å². The number of likely N-dealkylation sites (N-methyl/N-ethyl adjacent to an activating group) is 1. The molecule has 0 atom stereocenters. The van der Waals surface area contributed by atoms with Crippen molar-refractivity contribution in [1.29, 1.82) is 0 Å². The van der Waals surface area contributed by atoms with Crippen LogP contribution >= 0.6 is 0 Å². The fraction of sp³-hybridized carbons (Fsp3) is 0.900. The second kappa shape index (κ2) is 6.55. The van der Waals surface area contributed by atoms with Crippen LogP contribution in [0.25, 0.3) is 0 Å². The SMILES string of the molecule is CCN(CCNC(C)C)Cc1nnn(C)n1. The molecule has 0 amide bonds. The van der Waals surface area contributed by atoms with E-state index in [-0.39, 0.29) is 0 Å². The van der Waals surface area contributed by atoms with Crippen LogP contribution in [-0.2, 0) is 13.6 Å². The number of hydrogen-bond acceptors (Lipinski definition) is 5. The Morgan fingerprint density at radius 1 is 1.44 bits per heavy atom. The summed E-state index contributed by atoms with van der Waals surface area (Å²) in [6.45, 7) is 10.2. The van der Waals surface area contributed by atoms with Crippen molar-refractivity contribution in [2.45, 2.75) is 33.4 Å². The Balaban J connectivity index is 2.31. The maximum absolute atomic E-state index is 4.17. The monoisotopic (exact) mass is 226 g/mol. The van der Waals surface area contributed by atoms with E-state index in [4.69, 9.17) is 0 Å². The van der Waals surface area contributed by atoms with Gasteiger partial charge in [0.25, 0.3) is 0 Å². The molecule has 0 saturated carbocycles. The van der Waals surface area contributed by atoms with E-state index in [0.29, 0.717) is 6.04 Å². The van der Waals surface area contributed by atoms with E-state index in [1.54, 1.807) is 7.05 Å². The van der Waals surface area contributed by atoms with E-state index in [1.807, 2.05) is 0 Å². The normalized spacial score (nSPS) is 11.6. The van der Waals surface area contributed by atoms with Crippen molar-refractivity contribution in [3.05, 3.63) is 5.82 Å². The lowest BCUT2D eigenvalue weighted by atomic mass is 10.4. The molecule has 0 saturated heterocycles. The maximum Gasteiger partial charge on any atom is 0.188 e. The number of aryl methyl sites for hydroxylation is 1. The number of nitrogens with one attached hydrogen (secondary N) is 1. The van der Waals surface area contributed by atoms with Gasteiger partial charge in [-0.3, -0.25) is 4.90 Å². The van der Waals surface area contributed by atoms with Gasteiger partial charge in [-0.25, -0.2) is 0 Å². The summed E-state index contributed by atoms with van der Waals surface area (Å²) in [5.41, 5.74) is 0. The molecule has 6 nitrogen and oxygen atoms in total. The summed E-state index contributed by atoms with van der Waals surface area (Å²) >= 11 is 0. The van der Waals surface area contributed by atoms with Crippen molar-refractivity contribution >= 4 is 0 Å². The first kappa shape index (κ1) is 13.1. The average Bonchev–Trinajstić information content (AvgIpc) is 2.62. The Kier molecular flexibility index (Phi) is 5.34. The van der Waals surface area contributed by atoms with Crippen LogP contribution in [0.5, 0.6) is 0 Å². The van der Waals surface area contributed by atoms with Gasteiger partial charge in [-0.1, -0.05) is 20.8 Å². The Morgan fingerprint density at radius 3 is 2.69 bits per heavy atom. The summed E-state index contributed by atoms with van der Waals surface area (Å²) in [6.07, 6.45) is 0. The van der Waals surface area contributed by atoms with Gasteiger partial charge in [-0.05, 0) is 11.8 Å². The molecule has 0 aromatic carbocycles. The van der Waals surface area contributed by atoms with Crippen molar-refractivity contribution in [3.8, 4) is 0 Å². The largest absolute Gasteiger partial charge is 0.313 e. The molecule has 0 bridgehead atoms. The van der Waals surface area contributed by atoms with Gasteiger partial charge in [0.05, 0.1) is 13.6 Å². The molecule has 0 fully saturated rings. The number of hydrogen-bond donors (Lipinski definition) is 1. The Morgan fingerprint density at radius 2 is 2.19 bits per heavy atom. The van der Waals surface area contributed by atoms with Gasteiger partial charge in [0.2, 0.25) is 0 Å². The molecule has 92 valence electrons. The number of aromatic nitrogens is 4. The quantitative estimate of drug-likeness (QED) is 0.711. The highest BCUT2D eigenvalue weighted by molar-refractivity contribution is 4.77. The van der Waals surface area contributed by atoms with Gasteiger partial charge >= 0.3 is 0 Å². The van der Waals surface area contributed by atoms with E-state index >= 15 is 0 Å². The molecule has 0 spiro atoms. The fourth-order valence-corrected chi connectivity index (χ4v) is 1.45. The lowest BCUT2D eigenvalue weighted by Gasteiger charge is -2.19. The molecular formula is C10H22N6. The minimum atomic E-state index is 0.536. The summed E-state index contributed by atoms with van der Waals surface area (Å²) in [7, 11) is 1.78. The van der Waals surface area contributed by atoms with Crippen LogP contribution in [0.2, 0.25) is 0 Å². The Hall–Kier alpha value is -1.01. The molecule has 1 aromatic heterocycles. The van der Waals surface area contributed by atoms with Crippen molar-refractivity contribution in [3.63, 3.8) is 0 Å². The van der Waals surface area contributed by atoms with Gasteiger partial charge in [-0.15, -0.1) is 10.2 Å². The van der Waals surface area contributed by atoms with Crippen LogP contribution in [0.15, 0.2) is 0 Å². The zero-order valence-electron chi connectivity index (χ0n) is 10.6. The summed E-state index contributed by atoms with van der Waals surface area (Å²) in [5.74, 6) is 0.786. The van der Waals surface area contributed by atoms with E-state index in [1.165, 1.54) is 4.80 Å². The third kappa shape index (κ3) is 4.67. The highest BCUT2D eigenvalue weighted by Gasteiger charge is 2.07. The molecule has 0 aliphatic rings. The van der Waals surface area contributed by atoms with Gasteiger partial charge < -0.3 is 5.32 Å². The van der Waals surface area contributed by atoms with Crippen molar-refractivity contribution < 1.29 is 0 Å². The van der Waals surface area contributed by atoms with Gasteiger partial charge in [0.15, 0.2) is 5.82 Å². The first-order valence-corrected chi connectivity index (χ1v) is 5.80. The first-order chi connectivity index (χ1) is 7.61. The molecule has 0 radical (unpaired) electrons. The number of rotatable bonds is 7. The summed E-state index contributed by atoms with van der Waals surface area (Å²) < 4.78 is 0. The molecule has 16 heavy (non-hydrogen) atoms. The fourth-order valence-electron chi connectivity index (χ4n) is 1.45. The zero-order chi connectivity index (χ0) is 12.0. The molecular weight excluding hydrogens is 204 g/mol. The lowest BCUT2D eigenvalue weighted by Crippen LogP contribution is -2.34. The minimum Gasteiger partial charge on any atom is -0.313 e. The molecule has 0 unspecified atom stereocenters. The highest BCUT2D eigenvalue weighted by Crippen LogP contribution is 1.95. The standard InChI is InChI=1S/C10H22N6/c1-5-16(7-6-11-9(2)3)8-10-12-14-15(4)13-10/h9,11H,5-8H2,1-4H3. The van der Waals surface area contributed by atoms with Crippen LogP contribution in [0.4, 0.5) is 0 Å². The molecule has 1 rings (SSSR count). The second-order valence-corrected chi connectivity index (χ2v) is 4.17. The summed E-state index contributed by atoms with van der Waals surface area (Å²) in [5, 5.41) is 15.4. The Labute approximate surface area is 97.0 Å². The van der Waals surface area contributed by atoms with E-state index < -0.39 is 0 Å². The van der Waals surface area contributed by atoms with Crippen molar-refractivity contribution in [2.75, 3.05) is 19.6 Å². The molecule has 0 aliphatic heterocycles. The zero-order valence-corrected chi connectivity index (χ0v) is 10.6. The number of nitrogens with zero attached hydrogens (tertiary/aromatic N) is 5. The highest BCUT2D eigenvalue weighted by atomic mass is 15.6. The Bertz CT molecular complexity index is 295. The maximum atomic E-state index is 4.17. The number of tetrazole rings is 1. The third-order valence-electron chi connectivity index (χ3n) is 2.34. The van der Waals surface area contributed by atoms with E-state index in [2.05, 4.69) is 46.4 Å². The molecule has 1 N–H and O–H groups in total. The first-order valence-electron chi connectivity index (χ1n) is 5.80. The van der Waals surface area contributed by atoms with E-state index in [9.17, 15) is 0 Å². The van der Waals surface area contributed by atoms with Gasteiger partial charge in [0.1, 0.15) is 0 Å². The average molecular weight is 226 g/mol. The molecule has 6 heteroatoms. The van der Waals surface area contributed by atoms with Gasteiger partial charge in [0, 0.05) is 19.1 Å². The molecule has 1 heterocycles. The van der Waals surface area contributed by atoms with Crippen molar-refractivity contribution in [1.82, 2.24) is 30.4 Å². The molecule has 0 aliphatic carbocycles. The minimum absolute atomic E-state index is 0.536. The third-order valence-corrected chi connectivity index (χ3v) is 2.34. The van der Waals surface area contributed by atoms with Gasteiger partial charge in [-0.2, -0.15) is 4.80 Å². The van der Waals surface area contributed by atoms with Crippen LogP contribution in [0, 0.1) is 0 Å². The smallest absolute Gasteiger partial charge is 0.188 e. The predicted molar refractivity (Wildman–Crippen MR) is 62.9 cm³/mol. The van der Waals surface area contributed by atoms with Crippen LogP contribution in [-0.4, -0.2) is 50.8 Å². The van der Waals surface area contributed by atoms with Crippen molar-refractivity contribution in [2.24, 2.45) is 7.05 Å². The lowest BCUT2D eigenvalue weighted by molar-refractivity contribution is 0.269. The summed E-state index contributed by atoms with van der Waals surface area (Å²) in [6, 6.07) is 0.536. The second-order valence-electron chi connectivity index (χ2n) is 4.17.